The molecule has 3 rings (SSSR count). The zero-order valence-corrected chi connectivity index (χ0v) is 18.1. The molecular formula is C26H24N2O5. The van der Waals surface area contributed by atoms with Gasteiger partial charge in [-0.05, 0) is 60.5 Å². The Kier molecular flexibility index (Phi) is 8.36. The molecule has 0 unspecified atom stereocenters. The molecule has 168 valence electrons. The third-order valence-corrected chi connectivity index (χ3v) is 4.45. The van der Waals surface area contributed by atoms with Crippen molar-refractivity contribution in [1.29, 1.82) is 0 Å². The number of amides is 2. The van der Waals surface area contributed by atoms with E-state index in [1.807, 2.05) is 36.4 Å². The molecule has 3 aromatic rings. The number of hydrogen-bond acceptors (Lipinski definition) is 5. The van der Waals surface area contributed by atoms with Crippen LogP contribution in [0.15, 0.2) is 84.9 Å². The second kappa shape index (κ2) is 11.9. The van der Waals surface area contributed by atoms with E-state index >= 15 is 0 Å². The second-order valence-electron chi connectivity index (χ2n) is 6.93. The lowest BCUT2D eigenvalue weighted by Gasteiger charge is -2.09. The van der Waals surface area contributed by atoms with E-state index in [1.165, 1.54) is 18.2 Å². The van der Waals surface area contributed by atoms with Crippen molar-refractivity contribution in [3.63, 3.8) is 0 Å². The van der Waals surface area contributed by atoms with E-state index in [0.29, 0.717) is 11.3 Å². The molecule has 0 heterocycles. The molecule has 0 spiro atoms. The van der Waals surface area contributed by atoms with E-state index < -0.39 is 6.16 Å². The minimum atomic E-state index is -0.794. The lowest BCUT2D eigenvalue weighted by atomic mass is 10.1. The summed E-state index contributed by atoms with van der Waals surface area (Å²) in [6.07, 6.45) is 2.42. The molecule has 0 fully saturated rings. The highest BCUT2D eigenvalue weighted by Crippen LogP contribution is 2.14. The molecule has 0 aliphatic heterocycles. The number of benzene rings is 3. The molecule has 3 aromatic carbocycles. The smallest absolute Gasteiger partial charge is 0.434 e. The van der Waals surface area contributed by atoms with Gasteiger partial charge in [0, 0.05) is 23.9 Å². The van der Waals surface area contributed by atoms with Gasteiger partial charge in [0.1, 0.15) is 5.75 Å². The van der Waals surface area contributed by atoms with Crippen molar-refractivity contribution in [3.05, 3.63) is 102 Å². The first kappa shape index (κ1) is 23.3. The molecule has 7 heteroatoms. The van der Waals surface area contributed by atoms with E-state index in [-0.39, 0.29) is 30.7 Å². The van der Waals surface area contributed by atoms with Crippen LogP contribution < -0.4 is 15.4 Å². The van der Waals surface area contributed by atoms with Crippen molar-refractivity contribution >= 4 is 29.7 Å². The zero-order valence-electron chi connectivity index (χ0n) is 18.1. The van der Waals surface area contributed by atoms with Gasteiger partial charge in [-0.1, -0.05) is 42.5 Å². The molecular weight excluding hydrogens is 420 g/mol. The quantitative estimate of drug-likeness (QED) is 0.296. The first-order valence-electron chi connectivity index (χ1n) is 10.4. The number of ether oxygens (including phenoxy) is 2. The van der Waals surface area contributed by atoms with Gasteiger partial charge in [-0.2, -0.15) is 0 Å². The second-order valence-corrected chi connectivity index (χ2v) is 6.93. The molecule has 0 aromatic heterocycles. The molecule has 2 amide bonds. The third kappa shape index (κ3) is 7.66. The Hall–Kier alpha value is -4.39. The van der Waals surface area contributed by atoms with Gasteiger partial charge >= 0.3 is 6.16 Å². The Morgan fingerprint density at radius 2 is 1.67 bits per heavy atom. The lowest BCUT2D eigenvalue weighted by molar-refractivity contribution is -0.111. The average molecular weight is 444 g/mol. The van der Waals surface area contributed by atoms with Crippen LogP contribution in [0.1, 0.15) is 28.4 Å². The first-order chi connectivity index (χ1) is 16.0. The summed E-state index contributed by atoms with van der Waals surface area (Å²) in [4.78, 5) is 35.9. The summed E-state index contributed by atoms with van der Waals surface area (Å²) in [5.74, 6) is -0.238. The summed E-state index contributed by atoms with van der Waals surface area (Å²) < 4.78 is 9.68. The predicted octanol–water partition coefficient (Wildman–Crippen LogP) is 4.80. The van der Waals surface area contributed by atoms with Gasteiger partial charge in [0.25, 0.3) is 5.91 Å². The van der Waals surface area contributed by atoms with Gasteiger partial charge in [-0.15, -0.1) is 0 Å². The zero-order chi connectivity index (χ0) is 23.5. The third-order valence-electron chi connectivity index (χ3n) is 4.45. The summed E-state index contributed by atoms with van der Waals surface area (Å²) in [5, 5.41) is 5.64. The van der Waals surface area contributed by atoms with Crippen molar-refractivity contribution in [2.45, 2.75) is 13.5 Å². The molecule has 0 saturated heterocycles. The fourth-order valence-electron chi connectivity index (χ4n) is 2.88. The maximum absolute atomic E-state index is 12.4. The Morgan fingerprint density at radius 3 is 2.39 bits per heavy atom. The van der Waals surface area contributed by atoms with Crippen LogP contribution in [-0.2, 0) is 16.1 Å². The van der Waals surface area contributed by atoms with Crippen LogP contribution in [0.4, 0.5) is 10.5 Å². The molecule has 0 aliphatic rings. The van der Waals surface area contributed by atoms with Gasteiger partial charge < -0.3 is 20.1 Å². The van der Waals surface area contributed by atoms with Crippen LogP contribution in [0.3, 0.4) is 0 Å². The highest BCUT2D eigenvalue weighted by Gasteiger charge is 2.09. The number of nitrogens with one attached hydrogen (secondary N) is 2. The maximum Gasteiger partial charge on any atom is 0.513 e. The Bertz CT molecular complexity index is 1120. The Labute approximate surface area is 192 Å². The van der Waals surface area contributed by atoms with Gasteiger partial charge in [-0.3, -0.25) is 9.59 Å². The highest BCUT2D eigenvalue weighted by molar-refractivity contribution is 6.02. The van der Waals surface area contributed by atoms with Crippen molar-refractivity contribution in [2.24, 2.45) is 0 Å². The summed E-state index contributed by atoms with van der Waals surface area (Å²) in [6, 6.07) is 22.9. The normalized spacial score (nSPS) is 10.5. The van der Waals surface area contributed by atoms with Crippen LogP contribution in [-0.4, -0.2) is 24.6 Å². The van der Waals surface area contributed by atoms with Crippen molar-refractivity contribution in [1.82, 2.24) is 5.32 Å². The molecule has 33 heavy (non-hydrogen) atoms. The standard InChI is InChI=1S/C26H24N2O5/c1-2-32-26(31)33-23-14-12-21(13-15-23)25(30)27-18-20-9-6-10-22(17-20)28-24(29)16-11-19-7-4-3-5-8-19/h3-17H,2,18H2,1H3,(H,27,30)(H,28,29)/b16-11+. The van der Waals surface area contributed by atoms with Gasteiger partial charge in [0.15, 0.2) is 0 Å². The lowest BCUT2D eigenvalue weighted by Crippen LogP contribution is -2.22. The van der Waals surface area contributed by atoms with Crippen molar-refractivity contribution in [2.75, 3.05) is 11.9 Å². The fraction of sp³-hybridized carbons (Fsp3) is 0.115. The Morgan fingerprint density at radius 1 is 0.909 bits per heavy atom. The van der Waals surface area contributed by atoms with Gasteiger partial charge in [0.05, 0.1) is 6.61 Å². The molecule has 0 radical (unpaired) electrons. The van der Waals surface area contributed by atoms with Crippen molar-refractivity contribution < 1.29 is 23.9 Å². The van der Waals surface area contributed by atoms with E-state index in [9.17, 15) is 14.4 Å². The van der Waals surface area contributed by atoms with Crippen LogP contribution >= 0.6 is 0 Å². The number of carbonyl (C=O) groups excluding carboxylic acids is 3. The van der Waals surface area contributed by atoms with E-state index in [2.05, 4.69) is 10.6 Å². The number of rotatable bonds is 8. The number of anilines is 1. The first-order valence-corrected chi connectivity index (χ1v) is 10.4. The van der Waals surface area contributed by atoms with Crippen LogP contribution in [0, 0.1) is 0 Å². The maximum atomic E-state index is 12.4. The van der Waals surface area contributed by atoms with Crippen LogP contribution in [0.5, 0.6) is 5.75 Å². The predicted molar refractivity (Wildman–Crippen MR) is 126 cm³/mol. The summed E-state index contributed by atoms with van der Waals surface area (Å²) in [5.41, 5.74) is 2.81. The van der Waals surface area contributed by atoms with Crippen LogP contribution in [0.25, 0.3) is 6.08 Å². The summed E-state index contributed by atoms with van der Waals surface area (Å²) in [7, 11) is 0. The van der Waals surface area contributed by atoms with Crippen molar-refractivity contribution in [3.8, 4) is 5.75 Å². The van der Waals surface area contributed by atoms with Gasteiger partial charge in [-0.25, -0.2) is 4.79 Å². The molecule has 0 bridgehead atoms. The SMILES string of the molecule is CCOC(=O)Oc1ccc(C(=O)NCc2cccc(NC(=O)/C=C/c3ccccc3)c2)cc1. The van der Waals surface area contributed by atoms with E-state index in [4.69, 9.17) is 9.47 Å². The molecule has 0 atom stereocenters. The topological polar surface area (TPSA) is 93.7 Å². The molecule has 0 saturated carbocycles. The van der Waals surface area contributed by atoms with Gasteiger partial charge in [0.2, 0.25) is 5.91 Å². The largest absolute Gasteiger partial charge is 0.513 e. The summed E-state index contributed by atoms with van der Waals surface area (Å²) in [6.45, 7) is 2.18. The summed E-state index contributed by atoms with van der Waals surface area (Å²) >= 11 is 0. The molecule has 0 aliphatic carbocycles. The Balaban J connectivity index is 1.51. The minimum Gasteiger partial charge on any atom is -0.434 e. The molecule has 7 nitrogen and oxygen atoms in total. The average Bonchev–Trinajstić information content (AvgIpc) is 2.83. The highest BCUT2D eigenvalue weighted by atomic mass is 16.7. The fourth-order valence-corrected chi connectivity index (χ4v) is 2.88. The number of hydrogen-bond donors (Lipinski definition) is 2. The molecule has 2 N–H and O–H groups in total. The van der Waals surface area contributed by atoms with Crippen LogP contribution in [0.2, 0.25) is 0 Å². The van der Waals surface area contributed by atoms with E-state index in [1.54, 1.807) is 43.3 Å². The number of carbonyl (C=O) groups is 3. The van der Waals surface area contributed by atoms with E-state index in [0.717, 1.165) is 11.1 Å². The minimum absolute atomic E-state index is 0.217. The monoisotopic (exact) mass is 444 g/mol.